The number of hydrogen-bond donors (Lipinski definition) is 1. The zero-order valence-electron chi connectivity index (χ0n) is 11.6. The molecule has 0 aliphatic rings. The van der Waals surface area contributed by atoms with Crippen LogP contribution in [0.1, 0.15) is 29.8 Å². The van der Waals surface area contributed by atoms with Gasteiger partial charge in [0.25, 0.3) is 5.91 Å². The van der Waals surface area contributed by atoms with E-state index in [2.05, 4.69) is 24.1 Å². The number of halogens is 1. The van der Waals surface area contributed by atoms with Gasteiger partial charge in [0.05, 0.1) is 5.56 Å². The van der Waals surface area contributed by atoms with Crippen LogP contribution in [0.5, 0.6) is 0 Å². The van der Waals surface area contributed by atoms with Crippen molar-refractivity contribution in [3.05, 3.63) is 64.9 Å². The summed E-state index contributed by atoms with van der Waals surface area (Å²) in [6.45, 7) is 4.71. The third-order valence-electron chi connectivity index (χ3n) is 3.24. The SMILES string of the molecule is CC(C)(CNC(=O)c1cccnc1)c1ccc(Cl)cc1. The molecular weight excluding hydrogens is 272 g/mol. The van der Waals surface area contributed by atoms with E-state index in [1.165, 1.54) is 0 Å². The van der Waals surface area contributed by atoms with Gasteiger partial charge >= 0.3 is 0 Å². The van der Waals surface area contributed by atoms with E-state index in [0.29, 0.717) is 17.1 Å². The zero-order chi connectivity index (χ0) is 14.6. The fourth-order valence-corrected chi connectivity index (χ4v) is 2.03. The van der Waals surface area contributed by atoms with Crippen LogP contribution in [-0.4, -0.2) is 17.4 Å². The van der Waals surface area contributed by atoms with Gasteiger partial charge in [-0.1, -0.05) is 37.6 Å². The zero-order valence-corrected chi connectivity index (χ0v) is 12.3. The van der Waals surface area contributed by atoms with Crippen molar-refractivity contribution in [2.75, 3.05) is 6.54 Å². The van der Waals surface area contributed by atoms with E-state index in [1.54, 1.807) is 24.5 Å². The summed E-state index contributed by atoms with van der Waals surface area (Å²) in [5.74, 6) is -0.111. The summed E-state index contributed by atoms with van der Waals surface area (Å²) in [6, 6.07) is 11.2. The van der Waals surface area contributed by atoms with Crippen LogP contribution in [0.4, 0.5) is 0 Å². The number of rotatable bonds is 4. The van der Waals surface area contributed by atoms with E-state index >= 15 is 0 Å². The Hall–Kier alpha value is -1.87. The second-order valence-electron chi connectivity index (χ2n) is 5.32. The number of benzene rings is 1. The van der Waals surface area contributed by atoms with E-state index in [1.807, 2.05) is 24.3 Å². The van der Waals surface area contributed by atoms with Gasteiger partial charge in [-0.05, 0) is 29.8 Å². The Morgan fingerprint density at radius 3 is 2.55 bits per heavy atom. The van der Waals surface area contributed by atoms with Crippen molar-refractivity contribution in [1.82, 2.24) is 10.3 Å². The molecule has 1 aromatic heterocycles. The van der Waals surface area contributed by atoms with Gasteiger partial charge in [-0.25, -0.2) is 0 Å². The highest BCUT2D eigenvalue weighted by Gasteiger charge is 2.21. The summed E-state index contributed by atoms with van der Waals surface area (Å²) in [5, 5.41) is 3.65. The Kier molecular flexibility index (Phi) is 4.40. The molecule has 2 rings (SSSR count). The Labute approximate surface area is 124 Å². The van der Waals surface area contributed by atoms with E-state index in [0.717, 1.165) is 5.56 Å². The molecule has 0 saturated heterocycles. The average Bonchev–Trinajstić information content (AvgIpc) is 2.46. The number of hydrogen-bond acceptors (Lipinski definition) is 2. The van der Waals surface area contributed by atoms with Gasteiger partial charge < -0.3 is 5.32 Å². The quantitative estimate of drug-likeness (QED) is 0.936. The molecule has 104 valence electrons. The van der Waals surface area contributed by atoms with E-state index < -0.39 is 0 Å². The molecule has 3 nitrogen and oxygen atoms in total. The number of nitrogens with one attached hydrogen (secondary N) is 1. The maximum absolute atomic E-state index is 12.0. The molecule has 1 amide bonds. The van der Waals surface area contributed by atoms with E-state index in [-0.39, 0.29) is 11.3 Å². The number of amides is 1. The van der Waals surface area contributed by atoms with Crippen LogP contribution < -0.4 is 5.32 Å². The topological polar surface area (TPSA) is 42.0 Å². The highest BCUT2D eigenvalue weighted by atomic mass is 35.5. The van der Waals surface area contributed by atoms with Crippen LogP contribution in [0.15, 0.2) is 48.8 Å². The Bertz CT molecular complexity index is 579. The number of aromatic nitrogens is 1. The third-order valence-corrected chi connectivity index (χ3v) is 3.49. The number of nitrogens with zero attached hydrogens (tertiary/aromatic N) is 1. The molecule has 1 heterocycles. The molecule has 1 aromatic carbocycles. The van der Waals surface area contributed by atoms with Gasteiger partial charge in [-0.2, -0.15) is 0 Å². The molecule has 0 fully saturated rings. The minimum absolute atomic E-state index is 0.111. The van der Waals surface area contributed by atoms with Crippen LogP contribution in [0, 0.1) is 0 Å². The first-order chi connectivity index (χ1) is 9.49. The van der Waals surface area contributed by atoms with Gasteiger partial charge in [-0.3, -0.25) is 9.78 Å². The summed E-state index contributed by atoms with van der Waals surface area (Å²) in [5.41, 5.74) is 1.54. The molecule has 0 aliphatic heterocycles. The summed E-state index contributed by atoms with van der Waals surface area (Å²) in [4.78, 5) is 15.9. The largest absolute Gasteiger partial charge is 0.351 e. The Morgan fingerprint density at radius 2 is 1.95 bits per heavy atom. The van der Waals surface area contributed by atoms with Crippen LogP contribution in [0.3, 0.4) is 0 Å². The van der Waals surface area contributed by atoms with Gasteiger partial charge in [-0.15, -0.1) is 0 Å². The van der Waals surface area contributed by atoms with Crippen molar-refractivity contribution in [2.24, 2.45) is 0 Å². The number of carbonyl (C=O) groups excluding carboxylic acids is 1. The summed E-state index contributed by atoms with van der Waals surface area (Å²) in [7, 11) is 0. The fourth-order valence-electron chi connectivity index (χ4n) is 1.90. The van der Waals surface area contributed by atoms with Crippen molar-refractivity contribution in [1.29, 1.82) is 0 Å². The average molecular weight is 289 g/mol. The lowest BCUT2D eigenvalue weighted by Gasteiger charge is -2.25. The van der Waals surface area contributed by atoms with Crippen molar-refractivity contribution in [2.45, 2.75) is 19.3 Å². The molecule has 0 spiro atoms. The lowest BCUT2D eigenvalue weighted by Crippen LogP contribution is -2.36. The summed E-state index contributed by atoms with van der Waals surface area (Å²) < 4.78 is 0. The van der Waals surface area contributed by atoms with Crippen molar-refractivity contribution in [3.8, 4) is 0 Å². The fraction of sp³-hybridized carbons (Fsp3) is 0.250. The van der Waals surface area contributed by atoms with Gasteiger partial charge in [0.2, 0.25) is 0 Å². The van der Waals surface area contributed by atoms with Crippen molar-refractivity contribution < 1.29 is 4.79 Å². The van der Waals surface area contributed by atoms with Crippen LogP contribution in [0.25, 0.3) is 0 Å². The molecule has 0 bridgehead atoms. The second kappa shape index (κ2) is 6.06. The molecular formula is C16H17ClN2O. The maximum atomic E-state index is 12.0. The monoisotopic (exact) mass is 288 g/mol. The predicted molar refractivity (Wildman–Crippen MR) is 81.0 cm³/mol. The second-order valence-corrected chi connectivity index (χ2v) is 5.75. The number of pyridine rings is 1. The molecule has 20 heavy (non-hydrogen) atoms. The standard InChI is InChI=1S/C16H17ClN2O/c1-16(2,13-5-7-14(17)8-6-13)11-19-15(20)12-4-3-9-18-10-12/h3-10H,11H2,1-2H3,(H,19,20). The van der Waals surface area contributed by atoms with Crippen LogP contribution >= 0.6 is 11.6 Å². The van der Waals surface area contributed by atoms with Crippen molar-refractivity contribution >= 4 is 17.5 Å². The third kappa shape index (κ3) is 3.58. The van der Waals surface area contributed by atoms with Gasteiger partial charge in [0.15, 0.2) is 0 Å². The molecule has 0 unspecified atom stereocenters. The lowest BCUT2D eigenvalue weighted by molar-refractivity contribution is 0.0945. The number of carbonyl (C=O) groups is 1. The summed E-state index contributed by atoms with van der Waals surface area (Å²) >= 11 is 5.89. The van der Waals surface area contributed by atoms with Gasteiger partial charge in [0.1, 0.15) is 0 Å². The first kappa shape index (κ1) is 14.5. The molecule has 1 N–H and O–H groups in total. The molecule has 0 aliphatic carbocycles. The first-order valence-electron chi connectivity index (χ1n) is 6.43. The first-order valence-corrected chi connectivity index (χ1v) is 6.81. The van der Waals surface area contributed by atoms with E-state index in [9.17, 15) is 4.79 Å². The highest BCUT2D eigenvalue weighted by Crippen LogP contribution is 2.23. The predicted octanol–water partition coefficient (Wildman–Crippen LogP) is 3.44. The highest BCUT2D eigenvalue weighted by molar-refractivity contribution is 6.30. The van der Waals surface area contributed by atoms with Crippen LogP contribution in [-0.2, 0) is 5.41 Å². The Balaban J connectivity index is 2.02. The molecule has 2 aromatic rings. The molecule has 0 radical (unpaired) electrons. The van der Waals surface area contributed by atoms with Crippen molar-refractivity contribution in [3.63, 3.8) is 0 Å². The smallest absolute Gasteiger partial charge is 0.252 e. The molecule has 4 heteroatoms. The normalized spacial score (nSPS) is 11.2. The summed E-state index contributed by atoms with van der Waals surface area (Å²) in [6.07, 6.45) is 3.21. The Morgan fingerprint density at radius 1 is 1.25 bits per heavy atom. The van der Waals surface area contributed by atoms with E-state index in [4.69, 9.17) is 11.6 Å². The minimum atomic E-state index is -0.164. The molecule has 0 atom stereocenters. The maximum Gasteiger partial charge on any atom is 0.252 e. The molecule has 0 saturated carbocycles. The minimum Gasteiger partial charge on any atom is -0.351 e. The van der Waals surface area contributed by atoms with Gasteiger partial charge in [0, 0.05) is 29.4 Å². The lowest BCUT2D eigenvalue weighted by atomic mass is 9.84. The van der Waals surface area contributed by atoms with Crippen LogP contribution in [0.2, 0.25) is 5.02 Å².